The van der Waals surface area contributed by atoms with Gasteiger partial charge in [0, 0.05) is 6.20 Å². The zero-order chi connectivity index (χ0) is 10.8. The van der Waals surface area contributed by atoms with Crippen molar-refractivity contribution in [2.75, 3.05) is 6.26 Å². The molecule has 0 radical (unpaired) electrons. The van der Waals surface area contributed by atoms with Gasteiger partial charge in [0.05, 0.1) is 0 Å². The van der Waals surface area contributed by atoms with Crippen molar-refractivity contribution in [1.29, 1.82) is 0 Å². The molecule has 0 bridgehead atoms. The summed E-state index contributed by atoms with van der Waals surface area (Å²) in [7, 11) is 0. The van der Waals surface area contributed by atoms with Crippen LogP contribution >= 0.6 is 28.0 Å². The van der Waals surface area contributed by atoms with E-state index in [1.807, 2.05) is 24.5 Å². The second kappa shape index (κ2) is 4.24. The molecule has 0 saturated carbocycles. The van der Waals surface area contributed by atoms with Crippen molar-refractivity contribution >= 4 is 39.6 Å². The van der Waals surface area contributed by atoms with Gasteiger partial charge in [0.2, 0.25) is 0 Å². The minimum absolute atomic E-state index is 0.440. The topological polar surface area (TPSA) is 43.6 Å². The molecule has 0 aliphatic heterocycles. The van der Waals surface area contributed by atoms with Crippen LogP contribution in [0.2, 0.25) is 0 Å². The summed E-state index contributed by atoms with van der Waals surface area (Å²) >= 11 is 4.10. The molecule has 0 unspecified atom stereocenters. The molecule has 2 aromatic heterocycles. The molecule has 0 fully saturated rings. The van der Waals surface area contributed by atoms with E-state index in [1.165, 1.54) is 11.8 Å². The molecule has 0 aromatic carbocycles. The molecular formula is C9H7BrN2O2S. The fourth-order valence-corrected chi connectivity index (χ4v) is 2.05. The van der Waals surface area contributed by atoms with Gasteiger partial charge in [-0.25, -0.2) is 9.78 Å². The number of rotatable bonds is 2. The van der Waals surface area contributed by atoms with Gasteiger partial charge < -0.3 is 3.83 Å². The van der Waals surface area contributed by atoms with E-state index in [2.05, 4.69) is 25.1 Å². The molecule has 0 saturated heterocycles. The average Bonchev–Trinajstić information content (AvgIpc) is 2.66. The third-order valence-corrected chi connectivity index (χ3v) is 2.92. The molecule has 15 heavy (non-hydrogen) atoms. The molecule has 0 N–H and O–H groups in total. The fourth-order valence-electron chi connectivity index (χ4n) is 1.34. The van der Waals surface area contributed by atoms with E-state index >= 15 is 0 Å². The van der Waals surface area contributed by atoms with E-state index in [0.29, 0.717) is 10.7 Å². The number of hydrogen-bond acceptors (Lipinski definition) is 4. The van der Waals surface area contributed by atoms with Gasteiger partial charge in [0.1, 0.15) is 10.7 Å². The number of fused-ring (bicyclic) bond motifs is 1. The molecule has 2 rings (SSSR count). The molecule has 6 heteroatoms. The lowest BCUT2D eigenvalue weighted by Gasteiger charge is -1.98. The lowest BCUT2D eigenvalue weighted by Crippen LogP contribution is -2.03. The van der Waals surface area contributed by atoms with Crippen LogP contribution in [0.5, 0.6) is 0 Å². The Hall–Kier alpha value is -1.01. The van der Waals surface area contributed by atoms with Crippen LogP contribution in [0.1, 0.15) is 10.5 Å². The van der Waals surface area contributed by atoms with E-state index in [1.54, 1.807) is 10.6 Å². The van der Waals surface area contributed by atoms with Crippen LogP contribution in [0.4, 0.5) is 0 Å². The highest BCUT2D eigenvalue weighted by Gasteiger charge is 2.19. The minimum Gasteiger partial charge on any atom is -0.379 e. The molecule has 0 aliphatic rings. The van der Waals surface area contributed by atoms with Gasteiger partial charge in [-0.1, -0.05) is 6.07 Å². The predicted octanol–water partition coefficient (Wildman–Crippen LogP) is 2.52. The SMILES string of the molecule is CSc1nc2ccccn2c1C(=O)OBr. The predicted molar refractivity (Wildman–Crippen MR) is 61.3 cm³/mol. The van der Waals surface area contributed by atoms with Crippen LogP contribution in [0.15, 0.2) is 29.4 Å². The van der Waals surface area contributed by atoms with Gasteiger partial charge in [-0.2, -0.15) is 0 Å². The summed E-state index contributed by atoms with van der Waals surface area (Å²) < 4.78 is 6.25. The molecule has 78 valence electrons. The van der Waals surface area contributed by atoms with Crippen LogP contribution in [-0.4, -0.2) is 21.6 Å². The van der Waals surface area contributed by atoms with Crippen molar-refractivity contribution in [3.63, 3.8) is 0 Å². The Balaban J connectivity index is 2.72. The summed E-state index contributed by atoms with van der Waals surface area (Å²) in [6.45, 7) is 0. The van der Waals surface area contributed by atoms with Crippen LogP contribution in [0.25, 0.3) is 5.65 Å². The maximum Gasteiger partial charge on any atom is 0.369 e. The maximum absolute atomic E-state index is 11.5. The van der Waals surface area contributed by atoms with Crippen LogP contribution < -0.4 is 0 Å². The second-order valence-electron chi connectivity index (χ2n) is 2.76. The Kier molecular flexibility index (Phi) is 2.97. The largest absolute Gasteiger partial charge is 0.379 e. The van der Waals surface area contributed by atoms with Gasteiger partial charge >= 0.3 is 5.97 Å². The number of pyridine rings is 1. The molecule has 2 heterocycles. The summed E-state index contributed by atoms with van der Waals surface area (Å²) in [5, 5.41) is 0.658. The first kappa shape index (κ1) is 10.5. The third-order valence-electron chi connectivity index (χ3n) is 1.95. The van der Waals surface area contributed by atoms with Crippen LogP contribution in [0.3, 0.4) is 0 Å². The standard InChI is InChI=1S/C9H7BrN2O2S/c1-15-8-7(9(13)14-10)12-5-3-2-4-6(12)11-8/h2-5H,1H3. The molecular weight excluding hydrogens is 280 g/mol. The third kappa shape index (κ3) is 1.74. The Labute approximate surface area is 99.1 Å². The number of halogens is 1. The number of carbonyl (C=O) groups excluding carboxylic acids is 1. The van der Waals surface area contributed by atoms with Gasteiger partial charge in [-0.05, 0) is 18.4 Å². The van der Waals surface area contributed by atoms with Gasteiger partial charge in [-0.15, -0.1) is 11.8 Å². The van der Waals surface area contributed by atoms with Crippen molar-refractivity contribution in [3.8, 4) is 0 Å². The smallest absolute Gasteiger partial charge is 0.369 e. The summed E-state index contributed by atoms with van der Waals surface area (Å²) in [5.41, 5.74) is 1.17. The first-order valence-electron chi connectivity index (χ1n) is 4.12. The fraction of sp³-hybridized carbons (Fsp3) is 0.111. The van der Waals surface area contributed by atoms with Crippen LogP contribution in [-0.2, 0) is 3.83 Å². The van der Waals surface area contributed by atoms with E-state index in [9.17, 15) is 4.79 Å². The van der Waals surface area contributed by atoms with Gasteiger partial charge in [-0.3, -0.25) is 4.40 Å². The number of aromatic nitrogens is 2. The first-order chi connectivity index (χ1) is 7.27. The molecule has 0 aliphatic carbocycles. The number of thioether (sulfide) groups is 1. The lowest BCUT2D eigenvalue weighted by molar-refractivity contribution is 0.0771. The zero-order valence-electron chi connectivity index (χ0n) is 7.81. The molecule has 0 amide bonds. The Bertz CT molecular complexity index is 512. The van der Waals surface area contributed by atoms with Crippen LogP contribution in [0, 0.1) is 0 Å². The Morgan fingerprint density at radius 2 is 2.40 bits per heavy atom. The summed E-state index contributed by atoms with van der Waals surface area (Å²) in [6, 6.07) is 5.55. The summed E-state index contributed by atoms with van der Waals surface area (Å²) in [5.74, 6) is -0.446. The van der Waals surface area contributed by atoms with E-state index in [0.717, 1.165) is 5.65 Å². The van der Waals surface area contributed by atoms with E-state index in [4.69, 9.17) is 0 Å². The number of hydrogen-bond donors (Lipinski definition) is 0. The molecule has 4 nitrogen and oxygen atoms in total. The highest BCUT2D eigenvalue weighted by molar-refractivity contribution is 9.06. The van der Waals surface area contributed by atoms with E-state index < -0.39 is 5.97 Å². The molecule has 2 aromatic rings. The van der Waals surface area contributed by atoms with Crippen molar-refractivity contribution in [1.82, 2.24) is 9.38 Å². The Morgan fingerprint density at radius 1 is 1.60 bits per heavy atom. The molecule has 0 atom stereocenters. The molecule has 0 spiro atoms. The normalized spacial score (nSPS) is 10.5. The maximum atomic E-state index is 11.5. The average molecular weight is 287 g/mol. The first-order valence-corrected chi connectivity index (χ1v) is 5.99. The number of nitrogens with zero attached hydrogens (tertiary/aromatic N) is 2. The van der Waals surface area contributed by atoms with Crippen molar-refractivity contribution < 1.29 is 8.62 Å². The quantitative estimate of drug-likeness (QED) is 0.796. The van der Waals surface area contributed by atoms with Crippen molar-refractivity contribution in [2.24, 2.45) is 0 Å². The minimum atomic E-state index is -0.446. The highest BCUT2D eigenvalue weighted by Crippen LogP contribution is 2.22. The van der Waals surface area contributed by atoms with Crippen molar-refractivity contribution in [3.05, 3.63) is 30.1 Å². The second-order valence-corrected chi connectivity index (χ2v) is 3.88. The Morgan fingerprint density at radius 3 is 3.07 bits per heavy atom. The van der Waals surface area contributed by atoms with E-state index in [-0.39, 0.29) is 0 Å². The summed E-state index contributed by atoms with van der Waals surface area (Å²) in [4.78, 5) is 15.8. The van der Waals surface area contributed by atoms with Gasteiger partial charge in [0.15, 0.2) is 22.0 Å². The van der Waals surface area contributed by atoms with Crippen molar-refractivity contribution in [2.45, 2.75) is 5.03 Å². The number of carbonyl (C=O) groups is 1. The monoisotopic (exact) mass is 286 g/mol. The number of imidazole rings is 1. The highest BCUT2D eigenvalue weighted by atomic mass is 79.9. The lowest BCUT2D eigenvalue weighted by atomic mass is 10.4. The zero-order valence-corrected chi connectivity index (χ0v) is 10.2. The summed E-state index contributed by atoms with van der Waals surface area (Å²) in [6.07, 6.45) is 3.65. The van der Waals surface area contributed by atoms with Gasteiger partial charge in [0.25, 0.3) is 0 Å².